The summed E-state index contributed by atoms with van der Waals surface area (Å²) < 4.78 is 5.57. The number of amides is 2. The van der Waals surface area contributed by atoms with Crippen molar-refractivity contribution in [2.45, 2.75) is 59.0 Å². The van der Waals surface area contributed by atoms with Crippen LogP contribution in [0.5, 0.6) is 0 Å². The van der Waals surface area contributed by atoms with E-state index in [-0.39, 0.29) is 11.6 Å². The molecule has 0 radical (unpaired) electrons. The first kappa shape index (κ1) is 14.9. The van der Waals surface area contributed by atoms with Gasteiger partial charge in [0.25, 0.3) is 0 Å². The highest BCUT2D eigenvalue weighted by atomic mass is 16.4. The summed E-state index contributed by atoms with van der Waals surface area (Å²) in [4.78, 5) is 18.4. The Morgan fingerprint density at radius 1 is 1.60 bits per heavy atom. The number of rotatable bonds is 4. The number of likely N-dealkylation sites (tertiary alicyclic amines) is 1. The summed E-state index contributed by atoms with van der Waals surface area (Å²) >= 11 is 0. The lowest BCUT2D eigenvalue weighted by molar-refractivity contribution is 0.164. The summed E-state index contributed by atoms with van der Waals surface area (Å²) in [7, 11) is 0. The van der Waals surface area contributed by atoms with Crippen LogP contribution in [0.2, 0.25) is 0 Å². The first-order chi connectivity index (χ1) is 9.42. The second-order valence-corrected chi connectivity index (χ2v) is 6.36. The maximum atomic E-state index is 12.3. The molecule has 0 aliphatic carbocycles. The molecule has 0 aromatic carbocycles. The third-order valence-corrected chi connectivity index (χ3v) is 3.80. The summed E-state index contributed by atoms with van der Waals surface area (Å²) in [5.41, 5.74) is -0.0711. The van der Waals surface area contributed by atoms with Crippen molar-refractivity contribution in [2.75, 3.05) is 6.54 Å². The topological polar surface area (TPSA) is 58.4 Å². The maximum absolute atomic E-state index is 12.3. The van der Waals surface area contributed by atoms with Crippen LogP contribution in [0.25, 0.3) is 0 Å². The van der Waals surface area contributed by atoms with Crippen LogP contribution in [-0.4, -0.2) is 28.0 Å². The molecule has 1 unspecified atom stereocenters. The molecule has 0 saturated carbocycles. The second kappa shape index (κ2) is 5.85. The van der Waals surface area contributed by atoms with E-state index in [1.165, 1.54) is 0 Å². The fourth-order valence-corrected chi connectivity index (χ4v) is 2.96. The van der Waals surface area contributed by atoms with E-state index in [1.54, 1.807) is 6.20 Å². The van der Waals surface area contributed by atoms with Crippen LogP contribution in [0.1, 0.15) is 52.2 Å². The van der Waals surface area contributed by atoms with Gasteiger partial charge in [0, 0.05) is 18.5 Å². The molecule has 0 spiro atoms. The van der Waals surface area contributed by atoms with E-state index in [1.807, 2.05) is 4.90 Å². The highest BCUT2D eigenvalue weighted by Gasteiger charge is 2.39. The molecule has 1 N–H and O–H groups in total. The molecule has 0 bridgehead atoms. The minimum atomic E-state index is -0.0711. The smallest absolute Gasteiger partial charge is 0.318 e. The van der Waals surface area contributed by atoms with Crippen molar-refractivity contribution in [3.8, 4) is 0 Å². The molecule has 1 aromatic rings. The van der Waals surface area contributed by atoms with E-state index in [2.05, 4.69) is 38.0 Å². The molecule has 1 saturated heterocycles. The zero-order valence-corrected chi connectivity index (χ0v) is 12.9. The summed E-state index contributed by atoms with van der Waals surface area (Å²) in [5.74, 6) is 2.01. The molecular weight excluding hydrogens is 254 g/mol. The monoisotopic (exact) mass is 279 g/mol. The number of hydrogen-bond acceptors (Lipinski definition) is 3. The van der Waals surface area contributed by atoms with Crippen LogP contribution in [-0.2, 0) is 13.0 Å². The van der Waals surface area contributed by atoms with Gasteiger partial charge < -0.3 is 14.6 Å². The van der Waals surface area contributed by atoms with E-state index in [9.17, 15) is 4.79 Å². The number of nitrogens with one attached hydrogen (secondary N) is 1. The molecule has 2 rings (SSSR count). The van der Waals surface area contributed by atoms with Crippen LogP contribution >= 0.6 is 0 Å². The van der Waals surface area contributed by atoms with Gasteiger partial charge in [-0.25, -0.2) is 9.78 Å². The van der Waals surface area contributed by atoms with Crippen LogP contribution in [0.4, 0.5) is 4.79 Å². The molecule has 2 heterocycles. The van der Waals surface area contributed by atoms with Crippen molar-refractivity contribution in [1.82, 2.24) is 15.2 Å². The van der Waals surface area contributed by atoms with Gasteiger partial charge in [-0.05, 0) is 32.6 Å². The SMILES string of the molecule is CCCc1ncc(CNC(=O)N2CC(C)CC2(C)C)o1. The van der Waals surface area contributed by atoms with Crippen molar-refractivity contribution >= 4 is 6.03 Å². The minimum absolute atomic E-state index is 0.0206. The van der Waals surface area contributed by atoms with Crippen LogP contribution in [0, 0.1) is 5.92 Å². The Labute approximate surface area is 120 Å². The average molecular weight is 279 g/mol. The molecule has 20 heavy (non-hydrogen) atoms. The Kier molecular flexibility index (Phi) is 4.35. The molecule has 1 aliphatic heterocycles. The van der Waals surface area contributed by atoms with E-state index in [0.717, 1.165) is 31.7 Å². The predicted molar refractivity (Wildman–Crippen MR) is 77.3 cm³/mol. The largest absolute Gasteiger partial charge is 0.444 e. The lowest BCUT2D eigenvalue weighted by Crippen LogP contribution is -2.47. The number of nitrogens with zero attached hydrogens (tertiary/aromatic N) is 2. The summed E-state index contributed by atoms with van der Waals surface area (Å²) in [6, 6.07) is -0.0206. The average Bonchev–Trinajstić information content (AvgIpc) is 2.91. The van der Waals surface area contributed by atoms with Gasteiger partial charge in [0.05, 0.1) is 12.7 Å². The molecule has 1 aliphatic rings. The van der Waals surface area contributed by atoms with E-state index < -0.39 is 0 Å². The highest BCUT2D eigenvalue weighted by Crippen LogP contribution is 2.32. The molecular formula is C15H25N3O2. The van der Waals surface area contributed by atoms with Gasteiger partial charge in [0.1, 0.15) is 5.76 Å². The zero-order chi connectivity index (χ0) is 14.8. The van der Waals surface area contributed by atoms with Gasteiger partial charge >= 0.3 is 6.03 Å². The fourth-order valence-electron chi connectivity index (χ4n) is 2.96. The molecule has 1 fully saturated rings. The lowest BCUT2D eigenvalue weighted by Gasteiger charge is -2.31. The van der Waals surface area contributed by atoms with Gasteiger partial charge in [-0.3, -0.25) is 0 Å². The quantitative estimate of drug-likeness (QED) is 0.921. The standard InChI is InChI=1S/C15H25N3O2/c1-5-6-13-16-8-12(20-13)9-17-14(19)18-10-11(2)7-15(18,3)4/h8,11H,5-7,9-10H2,1-4H3,(H,17,19). The van der Waals surface area contributed by atoms with E-state index in [0.29, 0.717) is 18.2 Å². The van der Waals surface area contributed by atoms with Crippen LogP contribution < -0.4 is 5.32 Å². The first-order valence-electron chi connectivity index (χ1n) is 7.41. The van der Waals surface area contributed by atoms with Gasteiger partial charge in [0.15, 0.2) is 5.89 Å². The van der Waals surface area contributed by atoms with Crippen molar-refractivity contribution in [2.24, 2.45) is 5.92 Å². The third-order valence-electron chi connectivity index (χ3n) is 3.80. The van der Waals surface area contributed by atoms with Crippen LogP contribution in [0.3, 0.4) is 0 Å². The van der Waals surface area contributed by atoms with Crippen molar-refractivity contribution in [3.05, 3.63) is 17.8 Å². The first-order valence-corrected chi connectivity index (χ1v) is 7.41. The Hall–Kier alpha value is -1.52. The number of carbonyl (C=O) groups excluding carboxylic acids is 1. The normalized spacial score (nSPS) is 21.2. The van der Waals surface area contributed by atoms with Crippen molar-refractivity contribution in [1.29, 1.82) is 0 Å². The number of hydrogen-bond donors (Lipinski definition) is 1. The Morgan fingerprint density at radius 3 is 2.95 bits per heavy atom. The number of oxazole rings is 1. The van der Waals surface area contributed by atoms with Crippen molar-refractivity contribution < 1.29 is 9.21 Å². The molecule has 1 aromatic heterocycles. The van der Waals surface area contributed by atoms with E-state index >= 15 is 0 Å². The summed E-state index contributed by atoms with van der Waals surface area (Å²) in [5, 5.41) is 2.93. The summed E-state index contributed by atoms with van der Waals surface area (Å²) in [6.45, 7) is 9.71. The van der Waals surface area contributed by atoms with Gasteiger partial charge in [-0.1, -0.05) is 13.8 Å². The predicted octanol–water partition coefficient (Wildman–Crippen LogP) is 2.96. The third kappa shape index (κ3) is 3.32. The number of aryl methyl sites for hydroxylation is 1. The minimum Gasteiger partial charge on any atom is -0.444 e. The second-order valence-electron chi connectivity index (χ2n) is 6.36. The molecule has 112 valence electrons. The number of carbonyl (C=O) groups is 1. The fraction of sp³-hybridized carbons (Fsp3) is 0.733. The molecule has 1 atom stereocenters. The highest BCUT2D eigenvalue weighted by molar-refractivity contribution is 5.75. The number of aromatic nitrogens is 1. The number of urea groups is 1. The zero-order valence-electron chi connectivity index (χ0n) is 12.9. The maximum Gasteiger partial charge on any atom is 0.318 e. The lowest BCUT2D eigenvalue weighted by atomic mass is 9.98. The van der Waals surface area contributed by atoms with Gasteiger partial charge in [-0.15, -0.1) is 0 Å². The Bertz CT molecular complexity index is 467. The molecule has 5 heteroatoms. The molecule has 5 nitrogen and oxygen atoms in total. The van der Waals surface area contributed by atoms with Crippen molar-refractivity contribution in [3.63, 3.8) is 0 Å². The molecule has 2 amide bonds. The summed E-state index contributed by atoms with van der Waals surface area (Å²) in [6.07, 6.45) is 4.59. The van der Waals surface area contributed by atoms with Gasteiger partial charge in [0.2, 0.25) is 0 Å². The Morgan fingerprint density at radius 2 is 2.35 bits per heavy atom. The Balaban J connectivity index is 1.88. The van der Waals surface area contributed by atoms with Gasteiger partial charge in [-0.2, -0.15) is 0 Å². The van der Waals surface area contributed by atoms with E-state index in [4.69, 9.17) is 4.42 Å². The van der Waals surface area contributed by atoms with Crippen LogP contribution in [0.15, 0.2) is 10.6 Å².